The molecular formula is C51H44ClF6N7O3. The average Bonchev–Trinajstić information content (AvgIpc) is 3.71. The van der Waals surface area contributed by atoms with E-state index in [0.29, 0.717) is 41.6 Å². The van der Waals surface area contributed by atoms with Crippen LogP contribution in [0, 0.1) is 0 Å². The number of alkyl halides is 6. The molecule has 1 saturated heterocycles. The highest BCUT2D eigenvalue weighted by molar-refractivity contribution is 6.30. The molecule has 0 bridgehead atoms. The van der Waals surface area contributed by atoms with Crippen molar-refractivity contribution in [2.24, 2.45) is 0 Å². The van der Waals surface area contributed by atoms with Crippen LogP contribution in [0.15, 0.2) is 146 Å². The van der Waals surface area contributed by atoms with Crippen LogP contribution >= 0.6 is 11.6 Å². The summed E-state index contributed by atoms with van der Waals surface area (Å²) in [6, 6.07) is 37.5. The van der Waals surface area contributed by atoms with Crippen molar-refractivity contribution in [3.05, 3.63) is 185 Å². The summed E-state index contributed by atoms with van der Waals surface area (Å²) in [4.78, 5) is 28.4. The number of carbonyl (C=O) groups excluding carboxylic acids is 1. The van der Waals surface area contributed by atoms with Gasteiger partial charge in [0.25, 0.3) is 5.91 Å². The Morgan fingerprint density at radius 3 is 2.16 bits per heavy atom. The lowest BCUT2D eigenvalue weighted by Crippen LogP contribution is -2.32. The van der Waals surface area contributed by atoms with E-state index in [4.69, 9.17) is 16.3 Å². The van der Waals surface area contributed by atoms with Crippen LogP contribution in [0.1, 0.15) is 64.1 Å². The van der Waals surface area contributed by atoms with Crippen LogP contribution in [0.5, 0.6) is 17.2 Å². The fourth-order valence-electron chi connectivity index (χ4n) is 7.94. The number of para-hydroxylation sites is 1. The van der Waals surface area contributed by atoms with Gasteiger partial charge >= 0.3 is 12.5 Å². The number of pyridine rings is 1. The number of anilines is 2. The smallest absolute Gasteiger partial charge is 0.457 e. The molecule has 68 heavy (non-hydrogen) atoms. The van der Waals surface area contributed by atoms with E-state index in [1.165, 1.54) is 30.6 Å². The summed E-state index contributed by atoms with van der Waals surface area (Å²) in [5, 5.41) is 7.74. The zero-order valence-electron chi connectivity index (χ0n) is 36.5. The number of ether oxygens (including phenoxy) is 2. The van der Waals surface area contributed by atoms with Crippen LogP contribution in [0.4, 0.5) is 37.8 Å². The lowest BCUT2D eigenvalue weighted by molar-refractivity contribution is -0.274. The maximum atomic E-state index is 13.0. The molecule has 4 heterocycles. The lowest BCUT2D eigenvalue weighted by Gasteiger charge is -2.34. The minimum Gasteiger partial charge on any atom is -0.457 e. The molecular weight excluding hydrogens is 908 g/mol. The van der Waals surface area contributed by atoms with E-state index >= 15 is 0 Å². The molecule has 2 N–H and O–H groups in total. The van der Waals surface area contributed by atoms with Gasteiger partial charge in [0, 0.05) is 43.4 Å². The van der Waals surface area contributed by atoms with E-state index in [1.54, 1.807) is 47.0 Å². The maximum absolute atomic E-state index is 13.0. The summed E-state index contributed by atoms with van der Waals surface area (Å²) in [5.74, 6) is 1.22. The Balaban J connectivity index is 0.000000192. The number of aryl methyl sites for hydroxylation is 1. The molecule has 8 aromatic rings. The lowest BCUT2D eigenvalue weighted by atomic mass is 9.89. The monoisotopic (exact) mass is 951 g/mol. The van der Waals surface area contributed by atoms with Crippen molar-refractivity contribution < 1.29 is 40.6 Å². The Labute approximate surface area is 392 Å². The number of piperidine rings is 1. The number of carbonyl (C=O) groups is 1. The molecule has 0 saturated carbocycles. The van der Waals surface area contributed by atoms with Gasteiger partial charge in [0.15, 0.2) is 0 Å². The van der Waals surface area contributed by atoms with E-state index in [1.807, 2.05) is 55.5 Å². The quantitative estimate of drug-likeness (QED) is 0.117. The van der Waals surface area contributed by atoms with Gasteiger partial charge in [-0.2, -0.15) is 13.2 Å². The molecule has 17 heteroatoms. The fourth-order valence-corrected chi connectivity index (χ4v) is 8.10. The number of halogens is 7. The topological polar surface area (TPSA) is 106 Å². The molecule has 1 amide bonds. The predicted octanol–water partition coefficient (Wildman–Crippen LogP) is 12.8. The minimum atomic E-state index is -4.68. The van der Waals surface area contributed by atoms with Crippen molar-refractivity contribution in [1.82, 2.24) is 24.7 Å². The van der Waals surface area contributed by atoms with Gasteiger partial charge in [-0.1, -0.05) is 73.1 Å². The van der Waals surface area contributed by atoms with E-state index in [9.17, 15) is 31.1 Å². The SMILES string of the molecule is CCc1nc2ccc(Cl)cn2c1C(=O)NCc1ccc(N2CCC(c3ccc(OC(F)(F)F)cc3)CC2)cc1.FC(F)(F)c1cccc(Oc2ccc(CNc3ncnc4ccccc34)cc2)c1. The van der Waals surface area contributed by atoms with Gasteiger partial charge in [-0.3, -0.25) is 9.20 Å². The number of nitrogens with one attached hydrogen (secondary N) is 2. The number of hydrogen-bond acceptors (Lipinski definition) is 8. The van der Waals surface area contributed by atoms with Gasteiger partial charge in [-0.15, -0.1) is 13.2 Å². The van der Waals surface area contributed by atoms with Crippen LogP contribution in [0.25, 0.3) is 16.6 Å². The van der Waals surface area contributed by atoms with Gasteiger partial charge in [-0.05, 0) is 121 Å². The molecule has 0 radical (unpaired) electrons. The van der Waals surface area contributed by atoms with Crippen molar-refractivity contribution >= 4 is 45.6 Å². The second kappa shape index (κ2) is 20.7. The van der Waals surface area contributed by atoms with Crippen LogP contribution < -0.4 is 25.0 Å². The second-order valence-electron chi connectivity index (χ2n) is 15.9. The van der Waals surface area contributed by atoms with Crippen molar-refractivity contribution in [1.29, 1.82) is 0 Å². The Morgan fingerprint density at radius 1 is 0.765 bits per heavy atom. The molecule has 0 atom stereocenters. The number of hydrogen-bond donors (Lipinski definition) is 2. The third kappa shape index (κ3) is 12.0. The van der Waals surface area contributed by atoms with Crippen molar-refractivity contribution in [3.8, 4) is 17.2 Å². The van der Waals surface area contributed by atoms with Gasteiger partial charge in [0.2, 0.25) is 0 Å². The van der Waals surface area contributed by atoms with Gasteiger partial charge < -0.3 is 25.0 Å². The van der Waals surface area contributed by atoms with Gasteiger partial charge in [-0.25, -0.2) is 15.0 Å². The summed E-state index contributed by atoms with van der Waals surface area (Å²) in [6.45, 7) is 4.57. The second-order valence-corrected chi connectivity index (χ2v) is 16.4. The Bertz CT molecular complexity index is 2970. The zero-order chi connectivity index (χ0) is 47.8. The van der Waals surface area contributed by atoms with Crippen LogP contribution in [-0.4, -0.2) is 44.7 Å². The molecule has 0 spiro atoms. The predicted molar refractivity (Wildman–Crippen MR) is 249 cm³/mol. The number of imidazole rings is 1. The molecule has 0 aliphatic carbocycles. The third-order valence-corrected chi connectivity index (χ3v) is 11.6. The molecule has 5 aromatic carbocycles. The van der Waals surface area contributed by atoms with E-state index in [-0.39, 0.29) is 23.3 Å². The summed E-state index contributed by atoms with van der Waals surface area (Å²) >= 11 is 6.14. The first-order valence-corrected chi connectivity index (χ1v) is 22.1. The van der Waals surface area contributed by atoms with Crippen molar-refractivity contribution in [2.45, 2.75) is 57.7 Å². The summed E-state index contributed by atoms with van der Waals surface area (Å²) in [5.41, 5.74) is 6.09. The number of nitrogens with zero attached hydrogens (tertiary/aromatic N) is 5. The molecule has 9 rings (SSSR count). The van der Waals surface area contributed by atoms with Crippen molar-refractivity contribution in [3.63, 3.8) is 0 Å². The number of benzene rings is 5. The summed E-state index contributed by atoms with van der Waals surface area (Å²) in [6.07, 6.45) is -3.44. The third-order valence-electron chi connectivity index (χ3n) is 11.4. The molecule has 10 nitrogen and oxygen atoms in total. The highest BCUT2D eigenvalue weighted by Gasteiger charge is 2.32. The normalized spacial score (nSPS) is 13.2. The first-order chi connectivity index (χ1) is 32.7. The fraction of sp³-hybridized carbons (Fsp3) is 0.216. The Hall–Kier alpha value is -7.33. The van der Waals surface area contributed by atoms with Crippen LogP contribution in [-0.2, 0) is 25.7 Å². The van der Waals surface area contributed by atoms with Crippen LogP contribution in [0.3, 0.4) is 0 Å². The summed E-state index contributed by atoms with van der Waals surface area (Å²) in [7, 11) is 0. The van der Waals surface area contributed by atoms with Crippen LogP contribution in [0.2, 0.25) is 5.02 Å². The molecule has 1 aliphatic heterocycles. The van der Waals surface area contributed by atoms with E-state index in [0.717, 1.165) is 82.9 Å². The minimum absolute atomic E-state index is 0.137. The molecule has 1 fully saturated rings. The average molecular weight is 952 g/mol. The van der Waals surface area contributed by atoms with E-state index < -0.39 is 18.1 Å². The maximum Gasteiger partial charge on any atom is 0.573 e. The highest BCUT2D eigenvalue weighted by atomic mass is 35.5. The van der Waals surface area contributed by atoms with Crippen molar-refractivity contribution in [2.75, 3.05) is 23.3 Å². The Morgan fingerprint density at radius 2 is 1.46 bits per heavy atom. The number of aromatic nitrogens is 4. The molecule has 0 unspecified atom stereocenters. The highest BCUT2D eigenvalue weighted by Crippen LogP contribution is 2.34. The number of amides is 1. The first kappa shape index (κ1) is 47.2. The standard InChI is InChI=1S/C29H28ClF3N4O2.C22H16F3N3O/c1-2-25-27(37-18-22(30)7-12-26(37)35-25)28(38)34-17-19-3-8-23(9-4-19)36-15-13-21(14-16-36)20-5-10-24(11-6-20)39-29(31,32)33;23-22(24,25)16-4-3-5-18(12-16)29-17-10-8-15(9-11-17)13-26-21-19-6-1-2-7-20(19)27-14-28-21/h3-12,18,21H,2,13-17H2,1H3,(H,34,38);1-12,14H,13H2,(H,26,27,28). The van der Waals surface area contributed by atoms with Gasteiger partial charge in [0.1, 0.15) is 40.7 Å². The first-order valence-electron chi connectivity index (χ1n) is 21.7. The Kier molecular flexibility index (Phi) is 14.3. The molecule has 1 aliphatic rings. The van der Waals surface area contributed by atoms with Gasteiger partial charge in [0.05, 0.1) is 21.8 Å². The number of fused-ring (bicyclic) bond motifs is 2. The van der Waals surface area contributed by atoms with E-state index in [2.05, 4.69) is 47.4 Å². The number of rotatable bonds is 12. The summed E-state index contributed by atoms with van der Waals surface area (Å²) < 4.78 is 86.9. The zero-order valence-corrected chi connectivity index (χ0v) is 37.2. The molecule has 3 aromatic heterocycles. The largest absolute Gasteiger partial charge is 0.573 e. The molecule has 350 valence electrons.